The molecular weight excluding hydrogens is 248 g/mol. The van der Waals surface area contributed by atoms with Crippen LogP contribution in [0, 0.1) is 16.0 Å². The van der Waals surface area contributed by atoms with Crippen molar-refractivity contribution in [3.8, 4) is 0 Å². The summed E-state index contributed by atoms with van der Waals surface area (Å²) in [5, 5.41) is 17.0. The molecule has 0 spiro atoms. The maximum absolute atomic E-state index is 10.9. The third kappa shape index (κ3) is 4.70. The largest absolute Gasteiger partial charge is 0.384 e. The van der Waals surface area contributed by atoms with Crippen molar-refractivity contribution in [1.82, 2.24) is 4.98 Å². The van der Waals surface area contributed by atoms with Gasteiger partial charge in [-0.2, -0.15) is 0 Å². The van der Waals surface area contributed by atoms with E-state index in [1.165, 1.54) is 6.07 Å². The Hall–Kier alpha value is -1.89. The summed E-state index contributed by atoms with van der Waals surface area (Å²) in [7, 11) is 1.63. The second-order valence-corrected chi connectivity index (χ2v) is 4.29. The first kappa shape index (κ1) is 15.2. The number of aromatic nitrogens is 1. The first-order chi connectivity index (χ1) is 9.08. The Bertz CT molecular complexity index is 425. The fourth-order valence-electron chi connectivity index (χ4n) is 1.62. The molecule has 106 valence electrons. The molecule has 0 saturated carbocycles. The van der Waals surface area contributed by atoms with Crippen molar-refractivity contribution in [3.05, 3.63) is 22.2 Å². The van der Waals surface area contributed by atoms with Gasteiger partial charge >= 0.3 is 5.69 Å². The van der Waals surface area contributed by atoms with E-state index in [0.717, 1.165) is 0 Å². The molecule has 0 radical (unpaired) electrons. The lowest BCUT2D eigenvalue weighted by Crippen LogP contribution is -2.17. The second-order valence-electron chi connectivity index (χ2n) is 4.29. The van der Waals surface area contributed by atoms with Crippen LogP contribution in [0.3, 0.4) is 0 Å². The minimum absolute atomic E-state index is 0.0220. The Balaban J connectivity index is 2.82. The van der Waals surface area contributed by atoms with Crippen LogP contribution < -0.4 is 10.6 Å². The maximum Gasteiger partial charge on any atom is 0.311 e. The molecule has 0 bridgehead atoms. The fraction of sp³-hybridized carbons (Fsp3) is 0.583. The van der Waals surface area contributed by atoms with E-state index >= 15 is 0 Å². The van der Waals surface area contributed by atoms with Crippen molar-refractivity contribution < 1.29 is 9.66 Å². The summed E-state index contributed by atoms with van der Waals surface area (Å²) in [4.78, 5) is 14.7. The third-order valence-electron chi connectivity index (χ3n) is 2.50. The number of nitrogens with zero attached hydrogens (tertiary/aromatic N) is 2. The van der Waals surface area contributed by atoms with Crippen LogP contribution in [0.5, 0.6) is 0 Å². The molecule has 0 amide bonds. The van der Waals surface area contributed by atoms with Crippen molar-refractivity contribution >= 4 is 17.3 Å². The minimum Gasteiger partial charge on any atom is -0.384 e. The third-order valence-corrected chi connectivity index (χ3v) is 2.50. The van der Waals surface area contributed by atoms with Gasteiger partial charge in [-0.25, -0.2) is 4.98 Å². The number of nitro groups is 1. The van der Waals surface area contributed by atoms with E-state index in [1.807, 2.05) is 13.8 Å². The molecule has 0 saturated heterocycles. The number of anilines is 2. The van der Waals surface area contributed by atoms with E-state index in [-0.39, 0.29) is 17.4 Å². The molecule has 0 fully saturated rings. The van der Waals surface area contributed by atoms with E-state index in [0.29, 0.717) is 25.5 Å². The number of hydrogen-bond acceptors (Lipinski definition) is 6. The van der Waals surface area contributed by atoms with Gasteiger partial charge in [0.05, 0.1) is 11.5 Å². The second kappa shape index (κ2) is 7.52. The van der Waals surface area contributed by atoms with Gasteiger partial charge in [0.25, 0.3) is 0 Å². The van der Waals surface area contributed by atoms with Crippen LogP contribution in [-0.4, -0.2) is 36.7 Å². The van der Waals surface area contributed by atoms with Gasteiger partial charge in [0, 0.05) is 26.3 Å². The molecule has 1 aromatic heterocycles. The molecule has 1 heterocycles. The lowest BCUT2D eigenvalue weighted by atomic mass is 10.2. The average Bonchev–Trinajstić information content (AvgIpc) is 2.37. The molecule has 1 rings (SSSR count). The summed E-state index contributed by atoms with van der Waals surface area (Å²) in [6, 6.07) is 3.06. The van der Waals surface area contributed by atoms with E-state index in [9.17, 15) is 10.1 Å². The maximum atomic E-state index is 10.9. The predicted octanol–water partition coefficient (Wildman–Crippen LogP) is 2.12. The lowest BCUT2D eigenvalue weighted by molar-refractivity contribution is -0.384. The van der Waals surface area contributed by atoms with Crippen molar-refractivity contribution in [2.75, 3.05) is 37.4 Å². The Labute approximate surface area is 112 Å². The zero-order valence-electron chi connectivity index (χ0n) is 11.5. The van der Waals surface area contributed by atoms with Crippen molar-refractivity contribution in [2.45, 2.75) is 13.8 Å². The zero-order valence-corrected chi connectivity index (χ0v) is 11.5. The highest BCUT2D eigenvalue weighted by atomic mass is 16.6. The van der Waals surface area contributed by atoms with Crippen molar-refractivity contribution in [3.63, 3.8) is 0 Å². The molecule has 1 aromatic rings. The van der Waals surface area contributed by atoms with E-state index in [1.54, 1.807) is 13.2 Å². The molecule has 1 unspecified atom stereocenters. The predicted molar refractivity (Wildman–Crippen MR) is 74.6 cm³/mol. The highest BCUT2D eigenvalue weighted by Crippen LogP contribution is 2.24. The topological polar surface area (TPSA) is 89.3 Å². The molecule has 0 aliphatic carbocycles. The molecule has 0 aliphatic heterocycles. The molecule has 19 heavy (non-hydrogen) atoms. The number of rotatable bonds is 8. The highest BCUT2D eigenvalue weighted by Gasteiger charge is 2.16. The van der Waals surface area contributed by atoms with Crippen LogP contribution in [0.4, 0.5) is 17.3 Å². The minimum atomic E-state index is -0.438. The molecule has 1 atom stereocenters. The first-order valence-electron chi connectivity index (χ1n) is 6.20. The first-order valence-corrected chi connectivity index (χ1v) is 6.20. The Morgan fingerprint density at radius 3 is 2.79 bits per heavy atom. The van der Waals surface area contributed by atoms with Crippen LogP contribution in [-0.2, 0) is 4.74 Å². The van der Waals surface area contributed by atoms with Crippen LogP contribution >= 0.6 is 0 Å². The highest BCUT2D eigenvalue weighted by molar-refractivity contribution is 5.60. The fourth-order valence-corrected chi connectivity index (χ4v) is 1.62. The summed E-state index contributed by atoms with van der Waals surface area (Å²) in [5.74, 6) is 1.15. The van der Waals surface area contributed by atoms with Gasteiger partial charge < -0.3 is 15.4 Å². The van der Waals surface area contributed by atoms with Gasteiger partial charge in [0.2, 0.25) is 5.82 Å². The van der Waals surface area contributed by atoms with Gasteiger partial charge in [-0.15, -0.1) is 0 Å². The summed E-state index contributed by atoms with van der Waals surface area (Å²) in [6.45, 7) is 5.81. The van der Waals surface area contributed by atoms with Crippen LogP contribution in [0.1, 0.15) is 13.8 Å². The quantitative estimate of drug-likeness (QED) is 0.554. The van der Waals surface area contributed by atoms with Gasteiger partial charge in [0.15, 0.2) is 0 Å². The van der Waals surface area contributed by atoms with Gasteiger partial charge in [-0.3, -0.25) is 10.1 Å². The number of ether oxygens (including phenoxy) is 1. The monoisotopic (exact) mass is 268 g/mol. The molecule has 0 aliphatic rings. The van der Waals surface area contributed by atoms with E-state index in [2.05, 4.69) is 15.6 Å². The SMILES string of the molecule is CCNc1ccc([N+](=O)[O-])c(NCC(C)COC)n1. The summed E-state index contributed by atoms with van der Waals surface area (Å²) in [5.41, 5.74) is -0.0220. The van der Waals surface area contributed by atoms with E-state index < -0.39 is 4.92 Å². The van der Waals surface area contributed by atoms with Crippen LogP contribution in [0.15, 0.2) is 12.1 Å². The van der Waals surface area contributed by atoms with Crippen LogP contribution in [0.25, 0.3) is 0 Å². The Kier molecular flexibility index (Phi) is 6.01. The number of methoxy groups -OCH3 is 1. The number of pyridine rings is 1. The van der Waals surface area contributed by atoms with Gasteiger partial charge in [-0.1, -0.05) is 6.92 Å². The van der Waals surface area contributed by atoms with Crippen molar-refractivity contribution in [2.24, 2.45) is 5.92 Å². The smallest absolute Gasteiger partial charge is 0.311 e. The van der Waals surface area contributed by atoms with Gasteiger partial charge in [-0.05, 0) is 18.9 Å². The normalized spacial score (nSPS) is 11.9. The average molecular weight is 268 g/mol. The van der Waals surface area contributed by atoms with Gasteiger partial charge in [0.1, 0.15) is 5.82 Å². The molecular formula is C12H20N4O3. The Morgan fingerprint density at radius 2 is 2.21 bits per heavy atom. The summed E-state index contributed by atoms with van der Waals surface area (Å²) < 4.78 is 5.03. The number of hydrogen-bond donors (Lipinski definition) is 2. The molecule has 0 aromatic carbocycles. The zero-order chi connectivity index (χ0) is 14.3. The van der Waals surface area contributed by atoms with E-state index in [4.69, 9.17) is 4.74 Å². The van der Waals surface area contributed by atoms with Crippen LogP contribution in [0.2, 0.25) is 0 Å². The lowest BCUT2D eigenvalue weighted by Gasteiger charge is -2.13. The summed E-state index contributed by atoms with van der Waals surface area (Å²) >= 11 is 0. The molecule has 7 heteroatoms. The van der Waals surface area contributed by atoms with Crippen molar-refractivity contribution in [1.29, 1.82) is 0 Å². The number of nitrogens with one attached hydrogen (secondary N) is 2. The molecule has 7 nitrogen and oxygen atoms in total. The summed E-state index contributed by atoms with van der Waals surface area (Å²) in [6.07, 6.45) is 0. The standard InChI is InChI=1S/C12H20N4O3/c1-4-13-11-6-5-10(16(17)18)12(15-11)14-7-9(2)8-19-3/h5-6,9H,4,7-8H2,1-3H3,(H2,13,14,15). The molecule has 2 N–H and O–H groups in total. The Morgan fingerprint density at radius 1 is 1.47 bits per heavy atom.